The van der Waals surface area contributed by atoms with Crippen LogP contribution in [0.25, 0.3) is 10.3 Å². The predicted molar refractivity (Wildman–Crippen MR) is 106 cm³/mol. The average molecular weight is 429 g/mol. The quantitative estimate of drug-likeness (QED) is 0.524. The minimum absolute atomic E-state index is 0.171. The third kappa shape index (κ3) is 6.85. The summed E-state index contributed by atoms with van der Waals surface area (Å²) in [5.74, 6) is -1.58. The van der Waals surface area contributed by atoms with Gasteiger partial charge in [0, 0.05) is 26.0 Å². The number of ketones is 1. The number of halogens is 2. The molecule has 0 unspecified atom stereocenters. The van der Waals surface area contributed by atoms with E-state index in [1.54, 1.807) is 19.1 Å². The summed E-state index contributed by atoms with van der Waals surface area (Å²) in [6.45, 7) is 4.86. The summed E-state index contributed by atoms with van der Waals surface area (Å²) in [6, 6.07) is 3.46. The molecule has 0 bridgehead atoms. The van der Waals surface area contributed by atoms with Gasteiger partial charge in [0.05, 0.1) is 12.7 Å². The molecule has 0 N–H and O–H groups in total. The number of carbonyl (C=O) groups excluding carboxylic acids is 1. The first-order valence-electron chi connectivity index (χ1n) is 9.70. The number of hydrogen-bond donors (Lipinski definition) is 0. The molecule has 0 saturated heterocycles. The molecule has 2 aromatic rings. The van der Waals surface area contributed by atoms with Gasteiger partial charge in [0.25, 0.3) is 11.1 Å². The van der Waals surface area contributed by atoms with Crippen molar-refractivity contribution in [2.75, 3.05) is 19.8 Å². The summed E-state index contributed by atoms with van der Waals surface area (Å²) in [4.78, 5) is 20.2. The van der Waals surface area contributed by atoms with Crippen molar-refractivity contribution in [2.45, 2.75) is 52.1 Å². The lowest BCUT2D eigenvalue weighted by Gasteiger charge is -2.35. The van der Waals surface area contributed by atoms with Crippen LogP contribution in [-0.2, 0) is 9.53 Å². The van der Waals surface area contributed by atoms with Crippen LogP contribution in [0.2, 0.25) is 0 Å². The molecule has 1 aliphatic carbocycles. The van der Waals surface area contributed by atoms with Crippen molar-refractivity contribution in [1.29, 1.82) is 0 Å². The van der Waals surface area contributed by atoms with E-state index in [9.17, 15) is 13.6 Å². The van der Waals surface area contributed by atoms with Gasteiger partial charge in [0.2, 0.25) is 5.88 Å². The number of pyridine rings is 1. The second kappa shape index (κ2) is 9.30. The molecule has 1 aliphatic rings. The molecule has 160 valence electrons. The minimum atomic E-state index is -2.91. The van der Waals surface area contributed by atoms with Crippen molar-refractivity contribution >= 4 is 27.5 Å². The topological polar surface area (TPSA) is 70.5 Å². The first-order valence-corrected chi connectivity index (χ1v) is 10.5. The highest BCUT2D eigenvalue weighted by Crippen LogP contribution is 2.32. The standard InChI is InChI=1S/C20H26F2N2O4S/c1-12(6-13(2)25)9-26-15-7-14(8-15)10-27-17-5-4-16-18(24-17)29-19(23-16)28-11-20(3,21)22/h4-5,12,14-15H,6-11H2,1-3H3/t12-,14?,15?/m1/s1. The number of rotatable bonds is 11. The highest BCUT2D eigenvalue weighted by Gasteiger charge is 2.31. The molecule has 3 rings (SSSR count). The molecule has 29 heavy (non-hydrogen) atoms. The van der Waals surface area contributed by atoms with Gasteiger partial charge in [-0.1, -0.05) is 18.3 Å². The number of ether oxygens (including phenoxy) is 3. The number of Topliss-reactive ketones (excluding diaryl/α,β-unsaturated/α-hetero) is 1. The molecule has 0 spiro atoms. The Morgan fingerprint density at radius 2 is 2.07 bits per heavy atom. The van der Waals surface area contributed by atoms with Crippen molar-refractivity contribution < 1.29 is 27.8 Å². The molecular formula is C20H26F2N2O4S. The van der Waals surface area contributed by atoms with Crippen molar-refractivity contribution in [2.24, 2.45) is 11.8 Å². The Balaban J connectivity index is 1.40. The van der Waals surface area contributed by atoms with Crippen LogP contribution in [0.3, 0.4) is 0 Å². The second-order valence-electron chi connectivity index (χ2n) is 7.93. The summed E-state index contributed by atoms with van der Waals surface area (Å²) < 4.78 is 42.4. The van der Waals surface area contributed by atoms with E-state index in [0.29, 0.717) is 41.8 Å². The molecule has 0 aliphatic heterocycles. The van der Waals surface area contributed by atoms with Gasteiger partial charge >= 0.3 is 0 Å². The first-order chi connectivity index (χ1) is 13.7. The summed E-state index contributed by atoms with van der Waals surface area (Å²) in [7, 11) is 0. The van der Waals surface area contributed by atoms with E-state index in [1.165, 1.54) is 0 Å². The predicted octanol–water partition coefficient (Wildman–Crippen LogP) is 4.51. The van der Waals surface area contributed by atoms with E-state index in [4.69, 9.17) is 14.2 Å². The SMILES string of the molecule is CC(=O)C[C@@H](C)COC1CC(COc2ccc3nc(OCC(C)(F)F)sc3n2)C1. The summed E-state index contributed by atoms with van der Waals surface area (Å²) in [5, 5.41) is 0.171. The highest BCUT2D eigenvalue weighted by atomic mass is 32.1. The van der Waals surface area contributed by atoms with Gasteiger partial charge in [-0.2, -0.15) is 0 Å². The fourth-order valence-electron chi connectivity index (χ4n) is 3.11. The zero-order valence-electron chi connectivity index (χ0n) is 16.8. The Morgan fingerprint density at radius 3 is 2.76 bits per heavy atom. The maximum absolute atomic E-state index is 12.9. The molecule has 2 heterocycles. The van der Waals surface area contributed by atoms with Crippen molar-refractivity contribution in [3.8, 4) is 11.1 Å². The van der Waals surface area contributed by atoms with Crippen LogP contribution < -0.4 is 9.47 Å². The second-order valence-corrected chi connectivity index (χ2v) is 8.87. The monoisotopic (exact) mass is 428 g/mol. The minimum Gasteiger partial charge on any atom is -0.477 e. The molecule has 1 fully saturated rings. The maximum Gasteiger partial charge on any atom is 0.278 e. The zero-order valence-corrected chi connectivity index (χ0v) is 17.6. The third-order valence-electron chi connectivity index (χ3n) is 4.57. The van der Waals surface area contributed by atoms with Crippen LogP contribution in [0, 0.1) is 11.8 Å². The molecule has 6 nitrogen and oxygen atoms in total. The van der Waals surface area contributed by atoms with Gasteiger partial charge in [-0.3, -0.25) is 0 Å². The smallest absolute Gasteiger partial charge is 0.278 e. The number of nitrogens with zero attached hydrogens (tertiary/aromatic N) is 2. The van der Waals surface area contributed by atoms with Crippen molar-refractivity contribution in [3.63, 3.8) is 0 Å². The van der Waals surface area contributed by atoms with E-state index < -0.39 is 12.5 Å². The summed E-state index contributed by atoms with van der Waals surface area (Å²) in [6.07, 6.45) is 2.64. The van der Waals surface area contributed by atoms with Crippen molar-refractivity contribution in [1.82, 2.24) is 9.97 Å². The van der Waals surface area contributed by atoms with Gasteiger partial charge in [0.1, 0.15) is 11.3 Å². The summed E-state index contributed by atoms with van der Waals surface area (Å²) in [5.41, 5.74) is 0.591. The van der Waals surface area contributed by atoms with E-state index >= 15 is 0 Å². The van der Waals surface area contributed by atoms with Crippen LogP contribution in [-0.4, -0.2) is 47.6 Å². The molecule has 2 aromatic heterocycles. The fraction of sp³-hybridized carbons (Fsp3) is 0.650. The normalized spacial score (nSPS) is 20.3. The number of fused-ring (bicyclic) bond motifs is 1. The van der Waals surface area contributed by atoms with Gasteiger partial charge < -0.3 is 19.0 Å². The largest absolute Gasteiger partial charge is 0.477 e. The number of hydrogen-bond acceptors (Lipinski definition) is 7. The van der Waals surface area contributed by atoms with E-state index in [0.717, 1.165) is 31.1 Å². The maximum atomic E-state index is 12.9. The van der Waals surface area contributed by atoms with Crippen LogP contribution >= 0.6 is 11.3 Å². The van der Waals surface area contributed by atoms with Crippen LogP contribution in [0.5, 0.6) is 11.1 Å². The lowest BCUT2D eigenvalue weighted by Crippen LogP contribution is -2.36. The third-order valence-corrected chi connectivity index (χ3v) is 5.45. The summed E-state index contributed by atoms with van der Waals surface area (Å²) >= 11 is 1.12. The Hall–Kier alpha value is -1.87. The molecule has 9 heteroatoms. The highest BCUT2D eigenvalue weighted by molar-refractivity contribution is 7.19. The van der Waals surface area contributed by atoms with Gasteiger partial charge in [0.15, 0.2) is 11.4 Å². The Bertz CT molecular complexity index is 833. The van der Waals surface area contributed by atoms with Gasteiger partial charge in [-0.15, -0.1) is 0 Å². The number of alkyl halides is 2. The molecule has 1 saturated carbocycles. The Kier molecular flexibility index (Phi) is 7.00. The number of thiazole rings is 1. The van der Waals surface area contributed by atoms with Gasteiger partial charge in [-0.05, 0) is 37.7 Å². The van der Waals surface area contributed by atoms with Gasteiger partial charge in [-0.25, -0.2) is 18.7 Å². The molecule has 0 aromatic carbocycles. The lowest BCUT2D eigenvalue weighted by atomic mass is 9.83. The van der Waals surface area contributed by atoms with Crippen LogP contribution in [0.4, 0.5) is 8.78 Å². The molecule has 0 amide bonds. The van der Waals surface area contributed by atoms with E-state index in [1.807, 2.05) is 6.92 Å². The molecule has 0 radical (unpaired) electrons. The molecule has 1 atom stereocenters. The van der Waals surface area contributed by atoms with E-state index in [-0.39, 0.29) is 23.0 Å². The fourth-order valence-corrected chi connectivity index (χ4v) is 3.89. The van der Waals surface area contributed by atoms with Crippen LogP contribution in [0.15, 0.2) is 12.1 Å². The lowest BCUT2D eigenvalue weighted by molar-refractivity contribution is -0.119. The number of aromatic nitrogens is 2. The Labute approximate surface area is 172 Å². The molecular weight excluding hydrogens is 402 g/mol. The first kappa shape index (κ1) is 21.8. The van der Waals surface area contributed by atoms with E-state index in [2.05, 4.69) is 9.97 Å². The van der Waals surface area contributed by atoms with Crippen molar-refractivity contribution in [3.05, 3.63) is 12.1 Å². The zero-order chi connectivity index (χ0) is 21.0. The number of carbonyl (C=O) groups is 1. The van der Waals surface area contributed by atoms with Crippen LogP contribution in [0.1, 0.15) is 40.0 Å². The Morgan fingerprint density at radius 1 is 1.31 bits per heavy atom. The average Bonchev–Trinajstić information content (AvgIpc) is 2.99.